The highest BCUT2D eigenvalue weighted by Crippen LogP contribution is 1.98. The first-order valence-corrected chi connectivity index (χ1v) is 3.71. The fourth-order valence-corrected chi connectivity index (χ4v) is 0.771. The Hall–Kier alpha value is -1.03. The lowest BCUT2D eigenvalue weighted by atomic mass is 10.4. The summed E-state index contributed by atoms with van der Waals surface area (Å²) in [7, 11) is 0. The molecule has 62 valence electrons. The molecule has 1 fully saturated rings. The second-order valence-electron chi connectivity index (χ2n) is 2.35. The summed E-state index contributed by atoms with van der Waals surface area (Å²) in [4.78, 5) is 0. The molecule has 3 N–H and O–H groups in total. The average molecular weight is 155 g/mol. The maximum Gasteiger partial charge on any atom is 0.0717 e. The molecule has 0 bridgehead atoms. The third-order valence-corrected chi connectivity index (χ3v) is 1.35. The maximum atomic E-state index is 5.18. The molecule has 2 heterocycles. The van der Waals surface area contributed by atoms with E-state index in [9.17, 15) is 0 Å². The van der Waals surface area contributed by atoms with Gasteiger partial charge in [0.2, 0.25) is 0 Å². The molecule has 0 aliphatic carbocycles. The summed E-state index contributed by atoms with van der Waals surface area (Å²) in [6, 6.07) is 0. The van der Waals surface area contributed by atoms with Gasteiger partial charge in [-0.25, -0.2) is 0 Å². The molecular weight excluding hydrogens is 142 g/mol. The molecule has 11 heavy (non-hydrogen) atoms. The summed E-state index contributed by atoms with van der Waals surface area (Å²) >= 11 is 0. The zero-order valence-electron chi connectivity index (χ0n) is 6.42. The largest absolute Gasteiger partial charge is 0.396 e. The first-order chi connectivity index (χ1) is 5.39. The predicted octanol–water partition coefficient (Wildman–Crippen LogP) is 0.789. The second kappa shape index (κ2) is 4.73. The molecule has 1 aliphatic rings. The second-order valence-corrected chi connectivity index (χ2v) is 2.35. The molecule has 4 nitrogen and oxygen atoms in total. The van der Waals surface area contributed by atoms with E-state index in [-0.39, 0.29) is 0 Å². The molecule has 2 rings (SSSR count). The molecule has 4 heteroatoms. The summed E-state index contributed by atoms with van der Waals surface area (Å²) in [5.74, 6) is 0. The van der Waals surface area contributed by atoms with Gasteiger partial charge in [0.05, 0.1) is 11.9 Å². The van der Waals surface area contributed by atoms with Gasteiger partial charge in [-0.3, -0.25) is 5.10 Å². The van der Waals surface area contributed by atoms with Gasteiger partial charge in [-0.2, -0.15) is 5.10 Å². The van der Waals surface area contributed by atoms with Crippen LogP contribution in [0.1, 0.15) is 12.8 Å². The average Bonchev–Trinajstić information content (AvgIpc) is 2.57. The van der Waals surface area contributed by atoms with Crippen LogP contribution in [0.2, 0.25) is 0 Å². The lowest BCUT2D eigenvalue weighted by molar-refractivity contribution is 0.198. The van der Waals surface area contributed by atoms with E-state index >= 15 is 0 Å². The van der Waals surface area contributed by atoms with Crippen molar-refractivity contribution in [3.63, 3.8) is 0 Å². The Bertz CT molecular complexity index is 162. The van der Waals surface area contributed by atoms with Crippen molar-refractivity contribution in [1.29, 1.82) is 0 Å². The number of rotatable bonds is 0. The highest BCUT2D eigenvalue weighted by Gasteiger charge is 1.94. The van der Waals surface area contributed by atoms with E-state index in [1.807, 2.05) is 0 Å². The van der Waals surface area contributed by atoms with Crippen molar-refractivity contribution >= 4 is 5.69 Å². The topological polar surface area (TPSA) is 63.9 Å². The Labute approximate surface area is 65.7 Å². The molecule has 1 aromatic heterocycles. The number of aromatic amines is 1. The summed E-state index contributed by atoms with van der Waals surface area (Å²) in [6.07, 6.45) is 5.74. The van der Waals surface area contributed by atoms with Crippen LogP contribution < -0.4 is 5.73 Å². The van der Waals surface area contributed by atoms with E-state index in [1.54, 1.807) is 12.4 Å². The monoisotopic (exact) mass is 155 g/mol. The third kappa shape index (κ3) is 3.62. The smallest absolute Gasteiger partial charge is 0.0717 e. The van der Waals surface area contributed by atoms with Gasteiger partial charge in [0.15, 0.2) is 0 Å². The quantitative estimate of drug-likeness (QED) is 0.582. The van der Waals surface area contributed by atoms with E-state index in [1.165, 1.54) is 12.8 Å². The van der Waals surface area contributed by atoms with Crippen molar-refractivity contribution in [3.8, 4) is 0 Å². The van der Waals surface area contributed by atoms with Crippen molar-refractivity contribution in [1.82, 2.24) is 10.2 Å². The molecule has 1 aliphatic heterocycles. The standard InChI is InChI=1S/C4H8O.C3H5N3/c1-2-4-5-3-1;4-3-1-5-6-2-3/h1-4H2;1-2H,4H2,(H,5,6). The van der Waals surface area contributed by atoms with Crippen LogP contribution in [0.15, 0.2) is 12.4 Å². The van der Waals surface area contributed by atoms with Crippen LogP contribution in [0.3, 0.4) is 0 Å². The van der Waals surface area contributed by atoms with Gasteiger partial charge in [0.25, 0.3) is 0 Å². The third-order valence-electron chi connectivity index (χ3n) is 1.35. The lowest BCUT2D eigenvalue weighted by Crippen LogP contribution is -1.75. The van der Waals surface area contributed by atoms with Gasteiger partial charge in [-0.05, 0) is 12.8 Å². The van der Waals surface area contributed by atoms with Gasteiger partial charge in [-0.15, -0.1) is 0 Å². The minimum Gasteiger partial charge on any atom is -0.396 e. The molecular formula is C7H13N3O. The van der Waals surface area contributed by atoms with Crippen molar-refractivity contribution in [2.24, 2.45) is 0 Å². The van der Waals surface area contributed by atoms with Gasteiger partial charge >= 0.3 is 0 Å². The molecule has 0 saturated carbocycles. The summed E-state index contributed by atoms with van der Waals surface area (Å²) in [5.41, 5.74) is 5.86. The van der Waals surface area contributed by atoms with Gasteiger partial charge in [0, 0.05) is 19.4 Å². The molecule has 1 saturated heterocycles. The SMILES string of the molecule is C1CCOC1.Nc1cn[nH]c1. The molecule has 0 spiro atoms. The number of nitrogens with two attached hydrogens (primary N) is 1. The zero-order chi connectivity index (χ0) is 7.94. The Morgan fingerprint density at radius 3 is 2.36 bits per heavy atom. The number of aromatic nitrogens is 2. The van der Waals surface area contributed by atoms with Crippen LogP contribution in [0, 0.1) is 0 Å². The van der Waals surface area contributed by atoms with Crippen LogP contribution in [0.4, 0.5) is 5.69 Å². The first-order valence-electron chi connectivity index (χ1n) is 3.71. The van der Waals surface area contributed by atoms with E-state index in [0.717, 1.165) is 13.2 Å². The van der Waals surface area contributed by atoms with Crippen molar-refractivity contribution in [2.45, 2.75) is 12.8 Å². The van der Waals surface area contributed by atoms with Crippen LogP contribution in [-0.4, -0.2) is 23.4 Å². The van der Waals surface area contributed by atoms with E-state index < -0.39 is 0 Å². The van der Waals surface area contributed by atoms with Gasteiger partial charge < -0.3 is 10.5 Å². The van der Waals surface area contributed by atoms with E-state index in [0.29, 0.717) is 5.69 Å². The number of nitrogen functional groups attached to an aromatic ring is 1. The minimum atomic E-state index is 0.676. The van der Waals surface area contributed by atoms with E-state index in [2.05, 4.69) is 10.2 Å². The van der Waals surface area contributed by atoms with Crippen molar-refractivity contribution in [3.05, 3.63) is 12.4 Å². The Balaban J connectivity index is 0.000000112. The zero-order valence-corrected chi connectivity index (χ0v) is 6.42. The Kier molecular flexibility index (Phi) is 3.47. The summed E-state index contributed by atoms with van der Waals surface area (Å²) in [6.45, 7) is 2.00. The molecule has 0 amide bonds. The minimum absolute atomic E-state index is 0.676. The highest BCUT2D eigenvalue weighted by molar-refractivity contribution is 5.29. The van der Waals surface area contributed by atoms with Crippen LogP contribution in [0.25, 0.3) is 0 Å². The number of hydrogen-bond acceptors (Lipinski definition) is 3. The van der Waals surface area contributed by atoms with E-state index in [4.69, 9.17) is 10.5 Å². The maximum absolute atomic E-state index is 5.18. The number of anilines is 1. The first kappa shape index (κ1) is 8.07. The highest BCUT2D eigenvalue weighted by atomic mass is 16.5. The fourth-order valence-electron chi connectivity index (χ4n) is 0.771. The Morgan fingerprint density at radius 2 is 2.18 bits per heavy atom. The molecule has 0 atom stereocenters. The van der Waals surface area contributed by atoms with Crippen LogP contribution in [-0.2, 0) is 4.74 Å². The van der Waals surface area contributed by atoms with Crippen LogP contribution >= 0.6 is 0 Å². The van der Waals surface area contributed by atoms with Crippen molar-refractivity contribution in [2.75, 3.05) is 18.9 Å². The predicted molar refractivity (Wildman–Crippen MR) is 43.1 cm³/mol. The van der Waals surface area contributed by atoms with Gasteiger partial charge in [-0.1, -0.05) is 0 Å². The normalized spacial score (nSPS) is 15.6. The molecule has 1 aromatic rings. The molecule has 0 aromatic carbocycles. The molecule has 0 radical (unpaired) electrons. The Morgan fingerprint density at radius 1 is 1.45 bits per heavy atom. The lowest BCUT2D eigenvalue weighted by Gasteiger charge is -1.76. The number of nitrogens with zero attached hydrogens (tertiary/aromatic N) is 1. The summed E-state index contributed by atoms with van der Waals surface area (Å²) < 4.78 is 4.94. The summed E-state index contributed by atoms with van der Waals surface area (Å²) in [5, 5.41) is 6.13. The number of ether oxygens (including phenoxy) is 1. The number of hydrogen-bond donors (Lipinski definition) is 2. The number of H-pyrrole nitrogens is 1. The molecule has 0 unspecified atom stereocenters. The van der Waals surface area contributed by atoms with Crippen molar-refractivity contribution < 1.29 is 4.74 Å². The number of nitrogens with one attached hydrogen (secondary N) is 1. The van der Waals surface area contributed by atoms with Crippen LogP contribution in [0.5, 0.6) is 0 Å². The fraction of sp³-hybridized carbons (Fsp3) is 0.571. The van der Waals surface area contributed by atoms with Gasteiger partial charge in [0.1, 0.15) is 0 Å².